The lowest BCUT2D eigenvalue weighted by Gasteiger charge is -2.50. The van der Waals surface area contributed by atoms with Crippen molar-refractivity contribution in [2.45, 2.75) is 78.0 Å². The number of nitrogens with zero attached hydrogens (tertiary/aromatic N) is 2. The van der Waals surface area contributed by atoms with Crippen LogP contribution in [0, 0.1) is 5.41 Å². The molecule has 2 rings (SSSR count). The van der Waals surface area contributed by atoms with Gasteiger partial charge in [-0.1, -0.05) is 26.8 Å². The number of ether oxygens (including phenoxy) is 2. The zero-order chi connectivity index (χ0) is 22.7. The molecule has 0 bridgehead atoms. The van der Waals surface area contributed by atoms with Gasteiger partial charge in [-0.05, 0) is 51.0 Å². The van der Waals surface area contributed by atoms with Crippen LogP contribution in [0.3, 0.4) is 0 Å². The molecule has 8 heteroatoms. The van der Waals surface area contributed by atoms with Gasteiger partial charge < -0.3 is 24.8 Å². The number of piperidine rings is 1. The summed E-state index contributed by atoms with van der Waals surface area (Å²) in [7, 11) is 1.56. The molecule has 2 atom stereocenters. The van der Waals surface area contributed by atoms with E-state index in [-0.39, 0.29) is 11.5 Å². The first kappa shape index (κ1) is 23.8. The Morgan fingerprint density at radius 2 is 1.93 bits per heavy atom. The van der Waals surface area contributed by atoms with Gasteiger partial charge >= 0.3 is 12.2 Å². The molecule has 1 aromatic rings. The monoisotopic (exact) mass is 421 g/mol. The van der Waals surface area contributed by atoms with Crippen LogP contribution in [-0.4, -0.2) is 58.0 Å². The van der Waals surface area contributed by atoms with Gasteiger partial charge in [0.15, 0.2) is 0 Å². The van der Waals surface area contributed by atoms with Gasteiger partial charge in [-0.15, -0.1) is 0 Å². The van der Waals surface area contributed by atoms with Crippen LogP contribution in [0.4, 0.5) is 9.59 Å². The standard InChI is InChI=1S/C22H35N3O5/c1-20(2,3)16-13-22(10-11-25(16)19(27)28,24-18(26)30-21(4,5)6)12-15-8-9-17(29-7)23-14-15/h8-9,14,16H,10-13H2,1-7H3,(H,24,26)(H,27,28). The van der Waals surface area contributed by atoms with Crippen molar-refractivity contribution in [1.29, 1.82) is 0 Å². The van der Waals surface area contributed by atoms with Gasteiger partial charge in [-0.3, -0.25) is 0 Å². The van der Waals surface area contributed by atoms with Crippen molar-refractivity contribution in [2.75, 3.05) is 13.7 Å². The number of alkyl carbamates (subject to hydrolysis) is 1. The highest BCUT2D eigenvalue weighted by atomic mass is 16.6. The molecular formula is C22H35N3O5. The number of pyridine rings is 1. The molecule has 2 unspecified atom stereocenters. The van der Waals surface area contributed by atoms with Crippen LogP contribution in [0.15, 0.2) is 18.3 Å². The molecule has 1 aromatic heterocycles. The first-order valence-electron chi connectivity index (χ1n) is 10.2. The fourth-order valence-electron chi connectivity index (χ4n) is 3.94. The summed E-state index contributed by atoms with van der Waals surface area (Å²) in [6.07, 6.45) is 1.77. The molecule has 1 aliphatic heterocycles. The summed E-state index contributed by atoms with van der Waals surface area (Å²) in [5.74, 6) is 0.515. The Balaban J connectivity index is 2.36. The number of carboxylic acid groups (broad SMARTS) is 1. The fourth-order valence-corrected chi connectivity index (χ4v) is 3.94. The molecule has 1 fully saturated rings. The predicted octanol–water partition coefficient (Wildman–Crippen LogP) is 4.08. The van der Waals surface area contributed by atoms with E-state index in [2.05, 4.69) is 10.3 Å². The van der Waals surface area contributed by atoms with Gasteiger partial charge in [-0.25, -0.2) is 14.6 Å². The van der Waals surface area contributed by atoms with Crippen molar-refractivity contribution < 1.29 is 24.2 Å². The van der Waals surface area contributed by atoms with Gasteiger partial charge in [0.05, 0.1) is 12.6 Å². The van der Waals surface area contributed by atoms with E-state index in [0.29, 0.717) is 31.7 Å². The number of likely N-dealkylation sites (tertiary alicyclic amines) is 1. The van der Waals surface area contributed by atoms with Crippen LogP contribution < -0.4 is 10.1 Å². The third-order valence-corrected chi connectivity index (χ3v) is 5.35. The summed E-state index contributed by atoms with van der Waals surface area (Å²) < 4.78 is 10.7. The van der Waals surface area contributed by atoms with E-state index < -0.39 is 23.3 Å². The van der Waals surface area contributed by atoms with E-state index in [1.807, 2.05) is 47.6 Å². The number of hydrogen-bond donors (Lipinski definition) is 2. The van der Waals surface area contributed by atoms with Crippen LogP contribution >= 0.6 is 0 Å². The molecule has 0 spiro atoms. The maximum atomic E-state index is 12.7. The smallest absolute Gasteiger partial charge is 0.408 e. The Labute approximate surface area is 179 Å². The second kappa shape index (κ2) is 8.70. The van der Waals surface area contributed by atoms with E-state index in [1.165, 1.54) is 4.90 Å². The molecule has 2 amide bonds. The molecule has 8 nitrogen and oxygen atoms in total. The Hall–Kier alpha value is -2.51. The topological polar surface area (TPSA) is 101 Å². The number of methoxy groups -OCH3 is 1. The Bertz CT molecular complexity index is 752. The van der Waals surface area contributed by atoms with Gasteiger partial charge in [0.2, 0.25) is 5.88 Å². The molecule has 0 saturated carbocycles. The molecule has 1 saturated heterocycles. The molecule has 1 aliphatic rings. The lowest BCUT2D eigenvalue weighted by atomic mass is 9.71. The van der Waals surface area contributed by atoms with Gasteiger partial charge in [-0.2, -0.15) is 0 Å². The van der Waals surface area contributed by atoms with Crippen molar-refractivity contribution in [3.63, 3.8) is 0 Å². The second-order valence-corrected chi connectivity index (χ2v) is 10.1. The van der Waals surface area contributed by atoms with E-state index >= 15 is 0 Å². The molecule has 2 N–H and O–H groups in total. The first-order chi connectivity index (χ1) is 13.7. The normalized spacial score (nSPS) is 22.4. The number of rotatable bonds is 4. The second-order valence-electron chi connectivity index (χ2n) is 10.1. The molecular weight excluding hydrogens is 386 g/mol. The van der Waals surface area contributed by atoms with E-state index in [0.717, 1.165) is 5.56 Å². The van der Waals surface area contributed by atoms with Gasteiger partial charge in [0, 0.05) is 24.8 Å². The molecule has 0 radical (unpaired) electrons. The predicted molar refractivity (Wildman–Crippen MR) is 114 cm³/mol. The lowest BCUT2D eigenvalue weighted by Crippen LogP contribution is -2.63. The van der Waals surface area contributed by atoms with E-state index in [4.69, 9.17) is 9.47 Å². The van der Waals surface area contributed by atoms with Crippen molar-refractivity contribution in [3.05, 3.63) is 23.9 Å². The highest BCUT2D eigenvalue weighted by molar-refractivity contribution is 5.69. The largest absolute Gasteiger partial charge is 0.481 e. The van der Waals surface area contributed by atoms with Gasteiger partial charge in [0.1, 0.15) is 5.60 Å². The molecule has 0 aromatic carbocycles. The van der Waals surface area contributed by atoms with Gasteiger partial charge in [0.25, 0.3) is 0 Å². The van der Waals surface area contributed by atoms with E-state index in [1.54, 1.807) is 19.4 Å². The first-order valence-corrected chi connectivity index (χ1v) is 10.2. The summed E-state index contributed by atoms with van der Waals surface area (Å²) in [6.45, 7) is 11.8. The minimum absolute atomic E-state index is 0.259. The summed E-state index contributed by atoms with van der Waals surface area (Å²) in [5, 5.41) is 12.8. The third kappa shape index (κ3) is 6.24. The Kier molecular flexibility index (Phi) is 6.89. The fraction of sp³-hybridized carbons (Fsp3) is 0.682. The number of carbonyl (C=O) groups excluding carboxylic acids is 1. The van der Waals surface area contributed by atoms with Crippen molar-refractivity contribution in [1.82, 2.24) is 15.2 Å². The Morgan fingerprint density at radius 1 is 1.27 bits per heavy atom. The maximum absolute atomic E-state index is 12.7. The SMILES string of the molecule is COc1ccc(CC2(NC(=O)OC(C)(C)C)CCN(C(=O)O)C(C(C)(C)C)C2)cn1. The number of carbonyl (C=O) groups is 2. The van der Waals surface area contributed by atoms with E-state index in [9.17, 15) is 14.7 Å². The maximum Gasteiger partial charge on any atom is 0.408 e. The third-order valence-electron chi connectivity index (χ3n) is 5.35. The summed E-state index contributed by atoms with van der Waals surface area (Å²) in [6, 6.07) is 3.44. The lowest BCUT2D eigenvalue weighted by molar-refractivity contribution is 0.00959. The van der Waals surface area contributed by atoms with Crippen LogP contribution in [0.5, 0.6) is 5.88 Å². The molecule has 0 aliphatic carbocycles. The van der Waals surface area contributed by atoms with Crippen LogP contribution in [-0.2, 0) is 11.2 Å². The molecule has 2 heterocycles. The zero-order valence-corrected chi connectivity index (χ0v) is 19.1. The number of hydrogen-bond acceptors (Lipinski definition) is 5. The summed E-state index contributed by atoms with van der Waals surface area (Å²) >= 11 is 0. The minimum Gasteiger partial charge on any atom is -0.481 e. The zero-order valence-electron chi connectivity index (χ0n) is 19.1. The average molecular weight is 422 g/mol. The van der Waals surface area contributed by atoms with Crippen molar-refractivity contribution in [2.24, 2.45) is 5.41 Å². The van der Waals surface area contributed by atoms with Crippen LogP contribution in [0.25, 0.3) is 0 Å². The highest BCUT2D eigenvalue weighted by Gasteiger charge is 2.47. The van der Waals surface area contributed by atoms with Crippen LogP contribution in [0.2, 0.25) is 0 Å². The summed E-state index contributed by atoms with van der Waals surface area (Å²) in [4.78, 5) is 30.3. The highest BCUT2D eigenvalue weighted by Crippen LogP contribution is 2.38. The number of aromatic nitrogens is 1. The van der Waals surface area contributed by atoms with Crippen LogP contribution in [0.1, 0.15) is 59.9 Å². The molecule has 168 valence electrons. The minimum atomic E-state index is -0.938. The summed E-state index contributed by atoms with van der Waals surface area (Å²) in [5.41, 5.74) is -0.637. The van der Waals surface area contributed by atoms with Crippen molar-refractivity contribution >= 4 is 12.2 Å². The Morgan fingerprint density at radius 3 is 2.40 bits per heavy atom. The number of nitrogens with one attached hydrogen (secondary N) is 1. The van der Waals surface area contributed by atoms with Crippen molar-refractivity contribution in [3.8, 4) is 5.88 Å². The number of amides is 2. The quantitative estimate of drug-likeness (QED) is 0.759. The molecule has 30 heavy (non-hydrogen) atoms. The average Bonchev–Trinajstić information content (AvgIpc) is 2.59.